The van der Waals surface area contributed by atoms with Crippen LogP contribution in [-0.2, 0) is 4.74 Å². The number of nitrogens with one attached hydrogen (secondary N) is 1. The van der Waals surface area contributed by atoms with E-state index in [1.165, 1.54) is 25.9 Å². The zero-order valence-corrected chi connectivity index (χ0v) is 11.8. The molecule has 106 valence electrons. The van der Waals surface area contributed by atoms with E-state index >= 15 is 0 Å². The minimum atomic E-state index is -0.534. The fraction of sp³-hybridized carbons (Fsp3) is 1.00. The maximum absolute atomic E-state index is 10.4. The molecule has 0 unspecified atom stereocenters. The molecule has 0 aromatic heterocycles. The van der Waals surface area contributed by atoms with E-state index in [0.717, 1.165) is 19.4 Å². The second kappa shape index (κ2) is 6.33. The molecule has 0 spiro atoms. The monoisotopic (exact) mass is 256 g/mol. The van der Waals surface area contributed by atoms with Crippen LogP contribution in [0.4, 0.5) is 0 Å². The van der Waals surface area contributed by atoms with E-state index in [1.54, 1.807) is 0 Å². The Bertz CT molecular complexity index is 244. The molecule has 0 amide bonds. The maximum atomic E-state index is 10.4. The maximum Gasteiger partial charge on any atom is 0.0815 e. The van der Waals surface area contributed by atoms with Crippen LogP contribution in [-0.4, -0.2) is 60.5 Å². The highest BCUT2D eigenvalue weighted by molar-refractivity contribution is 4.87. The van der Waals surface area contributed by atoms with Crippen LogP contribution in [0.3, 0.4) is 0 Å². The van der Waals surface area contributed by atoms with Gasteiger partial charge >= 0.3 is 0 Å². The highest BCUT2D eigenvalue weighted by Gasteiger charge is 2.31. The molecule has 2 rings (SSSR count). The number of likely N-dealkylation sites (tertiary alicyclic amines) is 1. The molecule has 0 atom stereocenters. The first-order valence-corrected chi connectivity index (χ1v) is 7.37. The Labute approximate surface area is 111 Å². The third-order valence-corrected chi connectivity index (χ3v) is 4.40. The van der Waals surface area contributed by atoms with Gasteiger partial charge < -0.3 is 20.1 Å². The van der Waals surface area contributed by atoms with Crippen molar-refractivity contribution in [3.8, 4) is 0 Å². The predicted molar refractivity (Wildman–Crippen MR) is 72.7 cm³/mol. The lowest BCUT2D eigenvalue weighted by Gasteiger charge is -2.38. The van der Waals surface area contributed by atoms with Crippen molar-refractivity contribution >= 4 is 0 Å². The molecule has 0 radical (unpaired) electrons. The van der Waals surface area contributed by atoms with E-state index in [-0.39, 0.29) is 0 Å². The lowest BCUT2D eigenvalue weighted by Crippen LogP contribution is -2.51. The number of nitrogens with zero attached hydrogens (tertiary/aromatic N) is 1. The summed E-state index contributed by atoms with van der Waals surface area (Å²) < 4.78 is 5.30. The van der Waals surface area contributed by atoms with Gasteiger partial charge in [-0.25, -0.2) is 0 Å². The highest BCUT2D eigenvalue weighted by Crippen LogP contribution is 2.20. The molecule has 0 aliphatic carbocycles. The minimum Gasteiger partial charge on any atom is -0.388 e. The van der Waals surface area contributed by atoms with Gasteiger partial charge in [0.1, 0.15) is 0 Å². The molecule has 0 aromatic rings. The summed E-state index contributed by atoms with van der Waals surface area (Å²) in [5.74, 6) is 0. The van der Waals surface area contributed by atoms with Crippen molar-refractivity contribution < 1.29 is 9.84 Å². The summed E-state index contributed by atoms with van der Waals surface area (Å²) in [6, 6.07) is 1.23. The van der Waals surface area contributed by atoms with Gasteiger partial charge in [0.15, 0.2) is 0 Å². The van der Waals surface area contributed by atoms with Crippen molar-refractivity contribution in [1.29, 1.82) is 0 Å². The summed E-state index contributed by atoms with van der Waals surface area (Å²) in [6.07, 6.45) is 3.94. The van der Waals surface area contributed by atoms with Crippen LogP contribution in [0.25, 0.3) is 0 Å². The van der Waals surface area contributed by atoms with E-state index in [9.17, 15) is 5.11 Å². The van der Waals surface area contributed by atoms with Crippen LogP contribution in [0.15, 0.2) is 0 Å². The van der Waals surface area contributed by atoms with E-state index in [0.29, 0.717) is 25.3 Å². The SMILES string of the molecule is CC(C)N1CCC(NCC2(O)CCOCC2)CC1. The number of ether oxygens (including phenoxy) is 1. The Kier molecular flexibility index (Phi) is 5.01. The number of aliphatic hydroxyl groups is 1. The molecular formula is C14H28N2O2. The largest absolute Gasteiger partial charge is 0.388 e. The van der Waals surface area contributed by atoms with Gasteiger partial charge in [-0.15, -0.1) is 0 Å². The van der Waals surface area contributed by atoms with E-state index in [1.807, 2.05) is 0 Å². The second-order valence-electron chi connectivity index (χ2n) is 6.12. The van der Waals surface area contributed by atoms with Gasteiger partial charge in [-0.3, -0.25) is 0 Å². The van der Waals surface area contributed by atoms with E-state index in [2.05, 4.69) is 24.1 Å². The van der Waals surface area contributed by atoms with Gasteiger partial charge in [0, 0.05) is 44.7 Å². The van der Waals surface area contributed by atoms with Crippen LogP contribution < -0.4 is 5.32 Å². The number of piperidine rings is 1. The van der Waals surface area contributed by atoms with Gasteiger partial charge in [0.05, 0.1) is 5.60 Å². The van der Waals surface area contributed by atoms with Gasteiger partial charge in [-0.1, -0.05) is 0 Å². The summed E-state index contributed by atoms with van der Waals surface area (Å²) >= 11 is 0. The number of hydrogen-bond acceptors (Lipinski definition) is 4. The predicted octanol–water partition coefficient (Wildman–Crippen LogP) is 0.990. The van der Waals surface area contributed by atoms with Crippen LogP contribution >= 0.6 is 0 Å². The van der Waals surface area contributed by atoms with Crippen LogP contribution in [0.1, 0.15) is 39.5 Å². The molecule has 2 N–H and O–H groups in total. The Morgan fingerprint density at radius 1 is 1.28 bits per heavy atom. The molecule has 2 saturated heterocycles. The smallest absolute Gasteiger partial charge is 0.0815 e. The molecule has 4 heteroatoms. The molecule has 4 nitrogen and oxygen atoms in total. The standard InChI is InChI=1S/C14H28N2O2/c1-12(2)16-7-3-13(4-8-16)15-11-14(17)5-9-18-10-6-14/h12-13,15,17H,3-11H2,1-2H3. The van der Waals surface area contributed by atoms with Gasteiger partial charge in [0.25, 0.3) is 0 Å². The van der Waals surface area contributed by atoms with Crippen molar-refractivity contribution in [1.82, 2.24) is 10.2 Å². The van der Waals surface area contributed by atoms with Crippen LogP contribution in [0.5, 0.6) is 0 Å². The fourth-order valence-corrected chi connectivity index (χ4v) is 2.88. The fourth-order valence-electron chi connectivity index (χ4n) is 2.88. The molecule has 18 heavy (non-hydrogen) atoms. The average molecular weight is 256 g/mol. The first-order valence-electron chi connectivity index (χ1n) is 7.37. The van der Waals surface area contributed by atoms with Gasteiger partial charge in [-0.05, 0) is 39.8 Å². The first-order chi connectivity index (χ1) is 8.59. The van der Waals surface area contributed by atoms with E-state index < -0.39 is 5.60 Å². The molecule has 0 bridgehead atoms. The molecule has 0 saturated carbocycles. The Hall–Kier alpha value is -0.160. The van der Waals surface area contributed by atoms with Crippen molar-refractivity contribution in [3.63, 3.8) is 0 Å². The normalized spacial score (nSPS) is 26.7. The van der Waals surface area contributed by atoms with Crippen LogP contribution in [0, 0.1) is 0 Å². The van der Waals surface area contributed by atoms with Crippen molar-refractivity contribution in [2.24, 2.45) is 0 Å². The zero-order valence-electron chi connectivity index (χ0n) is 11.8. The molecule has 2 aliphatic heterocycles. The minimum absolute atomic E-state index is 0.534. The Morgan fingerprint density at radius 2 is 1.89 bits per heavy atom. The topological polar surface area (TPSA) is 44.7 Å². The van der Waals surface area contributed by atoms with Crippen molar-refractivity contribution in [2.75, 3.05) is 32.8 Å². The summed E-state index contributed by atoms with van der Waals surface area (Å²) in [7, 11) is 0. The third kappa shape index (κ3) is 3.92. The summed E-state index contributed by atoms with van der Waals surface area (Å²) in [6.45, 7) is 9.00. The second-order valence-corrected chi connectivity index (χ2v) is 6.12. The first kappa shape index (κ1) is 14.3. The third-order valence-electron chi connectivity index (χ3n) is 4.40. The summed E-state index contributed by atoms with van der Waals surface area (Å²) in [5, 5.41) is 13.9. The molecular weight excluding hydrogens is 228 g/mol. The van der Waals surface area contributed by atoms with Crippen molar-refractivity contribution in [2.45, 2.75) is 57.2 Å². The Balaban J connectivity index is 1.68. The Morgan fingerprint density at radius 3 is 2.44 bits per heavy atom. The van der Waals surface area contributed by atoms with Crippen molar-refractivity contribution in [3.05, 3.63) is 0 Å². The average Bonchev–Trinajstić information content (AvgIpc) is 2.38. The van der Waals surface area contributed by atoms with Crippen LogP contribution in [0.2, 0.25) is 0 Å². The molecule has 0 aromatic carbocycles. The molecule has 2 heterocycles. The van der Waals surface area contributed by atoms with Gasteiger partial charge in [0.2, 0.25) is 0 Å². The summed E-state index contributed by atoms with van der Waals surface area (Å²) in [5.41, 5.74) is -0.534. The van der Waals surface area contributed by atoms with E-state index in [4.69, 9.17) is 4.74 Å². The quantitative estimate of drug-likeness (QED) is 0.787. The zero-order chi connectivity index (χ0) is 13.0. The highest BCUT2D eigenvalue weighted by atomic mass is 16.5. The number of hydrogen-bond donors (Lipinski definition) is 2. The summed E-state index contributed by atoms with van der Waals surface area (Å²) in [4.78, 5) is 2.53. The van der Waals surface area contributed by atoms with Gasteiger partial charge in [-0.2, -0.15) is 0 Å². The number of rotatable bonds is 4. The molecule has 2 fully saturated rings. The molecule has 2 aliphatic rings. The lowest BCUT2D eigenvalue weighted by atomic mass is 9.93. The lowest BCUT2D eigenvalue weighted by molar-refractivity contribution is -0.0636.